The molecule has 0 aliphatic carbocycles. The van der Waals surface area contributed by atoms with E-state index in [0.29, 0.717) is 6.54 Å². The van der Waals surface area contributed by atoms with Crippen molar-refractivity contribution in [2.75, 3.05) is 20.8 Å². The largest absolute Gasteiger partial charge is 0.496 e. The lowest BCUT2D eigenvalue weighted by Crippen LogP contribution is -2.27. The Kier molecular flexibility index (Phi) is 5.80. The van der Waals surface area contributed by atoms with Crippen molar-refractivity contribution in [3.05, 3.63) is 60.1 Å². The van der Waals surface area contributed by atoms with Crippen LogP contribution in [0, 0.1) is 0 Å². The molecule has 1 N–H and O–H groups in total. The van der Waals surface area contributed by atoms with Crippen LogP contribution in [-0.4, -0.2) is 26.7 Å². The van der Waals surface area contributed by atoms with Crippen molar-refractivity contribution in [2.45, 2.75) is 6.10 Å². The summed E-state index contributed by atoms with van der Waals surface area (Å²) in [5.74, 6) is 0.538. The lowest BCUT2D eigenvalue weighted by atomic mass is 10.1. The molecule has 1 atom stereocenters. The normalized spacial score (nSPS) is 12.3. The number of hydrogen-bond donors (Lipinski definition) is 1. The molecule has 22 heavy (non-hydrogen) atoms. The monoisotopic (exact) mass is 301 g/mol. The Morgan fingerprint density at radius 2 is 2.14 bits per heavy atom. The van der Waals surface area contributed by atoms with Crippen molar-refractivity contribution in [3.63, 3.8) is 0 Å². The molecule has 0 radical (unpaired) electrons. The van der Waals surface area contributed by atoms with Crippen LogP contribution in [0.3, 0.4) is 0 Å². The average Bonchev–Trinajstić information content (AvgIpc) is 3.07. The molecule has 0 fully saturated rings. The van der Waals surface area contributed by atoms with Crippen molar-refractivity contribution in [3.8, 4) is 5.75 Å². The van der Waals surface area contributed by atoms with Gasteiger partial charge in [0.1, 0.15) is 11.9 Å². The van der Waals surface area contributed by atoms with Crippen molar-refractivity contribution >= 4 is 12.0 Å². The van der Waals surface area contributed by atoms with E-state index in [4.69, 9.17) is 13.9 Å². The molecule has 0 unspecified atom stereocenters. The van der Waals surface area contributed by atoms with Crippen LogP contribution in [0.25, 0.3) is 6.08 Å². The lowest BCUT2D eigenvalue weighted by Gasteiger charge is -2.18. The molecule has 0 aliphatic heterocycles. The Balaban J connectivity index is 1.94. The Bertz CT molecular complexity index is 619. The number of carbonyl (C=O) groups excluding carboxylic acids is 1. The molecule has 0 saturated heterocycles. The van der Waals surface area contributed by atoms with Gasteiger partial charge in [0.05, 0.1) is 19.6 Å². The number of methoxy groups -OCH3 is 2. The number of hydrogen-bond acceptors (Lipinski definition) is 4. The first-order valence-electron chi connectivity index (χ1n) is 6.88. The lowest BCUT2D eigenvalue weighted by molar-refractivity contribution is -0.117. The number of rotatable bonds is 7. The van der Waals surface area contributed by atoms with Gasteiger partial charge in [-0.15, -0.1) is 0 Å². The number of amides is 1. The van der Waals surface area contributed by atoms with Crippen LogP contribution in [0.1, 0.15) is 17.2 Å². The van der Waals surface area contributed by atoms with Gasteiger partial charge in [0.15, 0.2) is 0 Å². The zero-order valence-electron chi connectivity index (χ0n) is 12.6. The highest BCUT2D eigenvalue weighted by molar-refractivity contribution is 5.91. The predicted molar refractivity (Wildman–Crippen MR) is 83.5 cm³/mol. The number of nitrogens with one attached hydrogen (secondary N) is 1. The van der Waals surface area contributed by atoms with E-state index < -0.39 is 0 Å². The molecule has 1 amide bonds. The van der Waals surface area contributed by atoms with Crippen molar-refractivity contribution < 1.29 is 18.7 Å². The van der Waals surface area contributed by atoms with Gasteiger partial charge >= 0.3 is 0 Å². The van der Waals surface area contributed by atoms with Crippen LogP contribution < -0.4 is 10.1 Å². The summed E-state index contributed by atoms with van der Waals surface area (Å²) in [6.07, 6.45) is 5.99. The summed E-state index contributed by atoms with van der Waals surface area (Å²) in [4.78, 5) is 11.8. The predicted octanol–water partition coefficient (Wildman–Crippen LogP) is 2.81. The van der Waals surface area contributed by atoms with E-state index in [9.17, 15) is 4.79 Å². The first-order chi connectivity index (χ1) is 10.7. The van der Waals surface area contributed by atoms with Crippen molar-refractivity contribution in [1.29, 1.82) is 0 Å². The fourth-order valence-electron chi connectivity index (χ4n) is 2.05. The van der Waals surface area contributed by atoms with E-state index in [2.05, 4.69) is 5.32 Å². The van der Waals surface area contributed by atoms with Crippen LogP contribution in [0.15, 0.2) is 53.4 Å². The number of carbonyl (C=O) groups is 1. The van der Waals surface area contributed by atoms with E-state index in [1.165, 1.54) is 6.08 Å². The molecular weight excluding hydrogens is 282 g/mol. The topological polar surface area (TPSA) is 60.7 Å². The Morgan fingerprint density at radius 1 is 1.32 bits per heavy atom. The van der Waals surface area contributed by atoms with Crippen molar-refractivity contribution in [2.24, 2.45) is 0 Å². The van der Waals surface area contributed by atoms with Gasteiger partial charge in [-0.1, -0.05) is 18.2 Å². The molecule has 1 aromatic carbocycles. The summed E-state index contributed by atoms with van der Waals surface area (Å²) in [6, 6.07) is 9.35. The minimum atomic E-state index is -0.276. The first-order valence-corrected chi connectivity index (χ1v) is 6.88. The fraction of sp³-hybridized carbons (Fsp3) is 0.235. The van der Waals surface area contributed by atoms with Gasteiger partial charge in [0.2, 0.25) is 5.91 Å². The quantitative estimate of drug-likeness (QED) is 0.799. The SMILES string of the molecule is COc1ccccc1[C@H](CNC(=O)/C=C/c1ccoc1)OC. The van der Waals surface area contributed by atoms with Gasteiger partial charge < -0.3 is 19.2 Å². The molecule has 1 heterocycles. The fourth-order valence-corrected chi connectivity index (χ4v) is 2.05. The highest BCUT2D eigenvalue weighted by Crippen LogP contribution is 2.26. The van der Waals surface area contributed by atoms with E-state index >= 15 is 0 Å². The number of benzene rings is 1. The maximum absolute atomic E-state index is 11.8. The van der Waals surface area contributed by atoms with Gasteiger partial charge in [-0.25, -0.2) is 0 Å². The molecular formula is C17H19NO4. The van der Waals surface area contributed by atoms with Gasteiger partial charge in [-0.2, -0.15) is 0 Å². The molecule has 2 aromatic rings. The molecule has 5 nitrogen and oxygen atoms in total. The second kappa shape index (κ2) is 8.05. The molecule has 0 spiro atoms. The molecule has 0 bridgehead atoms. The molecule has 5 heteroatoms. The van der Waals surface area contributed by atoms with E-state index in [1.54, 1.807) is 38.9 Å². The highest BCUT2D eigenvalue weighted by atomic mass is 16.5. The number of para-hydroxylation sites is 1. The zero-order chi connectivity index (χ0) is 15.8. The summed E-state index contributed by atoms with van der Waals surface area (Å²) in [7, 11) is 3.21. The molecule has 116 valence electrons. The summed E-state index contributed by atoms with van der Waals surface area (Å²) in [6.45, 7) is 0.353. The minimum Gasteiger partial charge on any atom is -0.496 e. The smallest absolute Gasteiger partial charge is 0.244 e. The first kappa shape index (κ1) is 15.9. The van der Waals surface area contributed by atoms with Gasteiger partial charge in [0, 0.05) is 30.9 Å². The zero-order valence-corrected chi connectivity index (χ0v) is 12.6. The maximum Gasteiger partial charge on any atom is 0.244 e. The maximum atomic E-state index is 11.8. The average molecular weight is 301 g/mol. The highest BCUT2D eigenvalue weighted by Gasteiger charge is 2.15. The van der Waals surface area contributed by atoms with Crippen LogP contribution >= 0.6 is 0 Å². The van der Waals surface area contributed by atoms with Crippen LogP contribution in [-0.2, 0) is 9.53 Å². The van der Waals surface area contributed by atoms with Crippen LogP contribution in [0.2, 0.25) is 0 Å². The summed E-state index contributed by atoms with van der Waals surface area (Å²) < 4.78 is 15.7. The van der Waals surface area contributed by atoms with E-state index in [-0.39, 0.29) is 12.0 Å². The standard InChI is InChI=1S/C17H19NO4/c1-20-15-6-4-3-5-14(15)16(21-2)11-18-17(19)8-7-13-9-10-22-12-13/h3-10,12,16H,11H2,1-2H3,(H,18,19)/b8-7+/t16-/m0/s1. The second-order valence-corrected chi connectivity index (χ2v) is 4.60. The van der Waals surface area contributed by atoms with Gasteiger partial charge in [-0.3, -0.25) is 4.79 Å². The van der Waals surface area contributed by atoms with Gasteiger partial charge in [0.25, 0.3) is 0 Å². The summed E-state index contributed by atoms with van der Waals surface area (Å²) in [5.41, 5.74) is 1.73. The molecule has 0 aliphatic rings. The third-order valence-corrected chi connectivity index (χ3v) is 3.20. The number of furan rings is 1. The van der Waals surface area contributed by atoms with Crippen molar-refractivity contribution in [1.82, 2.24) is 5.32 Å². The summed E-state index contributed by atoms with van der Waals surface area (Å²) in [5, 5.41) is 2.81. The second-order valence-electron chi connectivity index (χ2n) is 4.60. The van der Waals surface area contributed by atoms with E-state index in [0.717, 1.165) is 16.9 Å². The summed E-state index contributed by atoms with van der Waals surface area (Å²) >= 11 is 0. The third-order valence-electron chi connectivity index (χ3n) is 3.20. The Morgan fingerprint density at radius 3 is 2.82 bits per heavy atom. The molecule has 2 rings (SSSR count). The third kappa shape index (κ3) is 4.23. The molecule has 0 saturated carbocycles. The minimum absolute atomic E-state index is 0.196. The van der Waals surface area contributed by atoms with Gasteiger partial charge in [-0.05, 0) is 18.2 Å². The number of ether oxygens (including phenoxy) is 2. The Hall–Kier alpha value is -2.53. The molecule has 1 aromatic heterocycles. The van der Waals surface area contributed by atoms with E-state index in [1.807, 2.05) is 24.3 Å². The van der Waals surface area contributed by atoms with Crippen LogP contribution in [0.5, 0.6) is 5.75 Å². The van der Waals surface area contributed by atoms with Crippen LogP contribution in [0.4, 0.5) is 0 Å². The Labute approximate surface area is 129 Å².